The van der Waals surface area contributed by atoms with Crippen LogP contribution in [0.25, 0.3) is 0 Å². The van der Waals surface area contributed by atoms with Gasteiger partial charge in [0, 0.05) is 28.5 Å². The average molecular weight is 249 g/mol. The van der Waals surface area contributed by atoms with Gasteiger partial charge in [-0.2, -0.15) is 11.8 Å². The van der Waals surface area contributed by atoms with E-state index in [0.29, 0.717) is 10.5 Å². The highest BCUT2D eigenvalue weighted by molar-refractivity contribution is 8.00. The summed E-state index contributed by atoms with van der Waals surface area (Å²) < 4.78 is 0. The van der Waals surface area contributed by atoms with E-state index >= 15 is 0 Å². The first kappa shape index (κ1) is 11.5. The molecule has 17 heavy (non-hydrogen) atoms. The predicted octanol–water partition coefficient (Wildman–Crippen LogP) is 3.03. The molecule has 0 radical (unpaired) electrons. The number of pyridine rings is 1. The zero-order chi connectivity index (χ0) is 11.9. The molecule has 0 aliphatic carbocycles. The molecule has 0 spiro atoms. The van der Waals surface area contributed by atoms with Crippen LogP contribution >= 0.6 is 11.8 Å². The molecule has 92 valence electrons. The van der Waals surface area contributed by atoms with E-state index in [4.69, 9.17) is 0 Å². The van der Waals surface area contributed by atoms with Gasteiger partial charge in [0.15, 0.2) is 0 Å². The first-order valence-electron chi connectivity index (χ1n) is 6.46. The van der Waals surface area contributed by atoms with E-state index in [1.54, 1.807) is 6.20 Å². The molecule has 2 bridgehead atoms. The lowest BCUT2D eigenvalue weighted by atomic mass is 9.79. The number of nitrogens with zero attached hydrogens (tertiary/aromatic N) is 1. The molecule has 0 aromatic carbocycles. The fourth-order valence-corrected chi connectivity index (χ4v) is 5.18. The lowest BCUT2D eigenvalue weighted by Crippen LogP contribution is -2.41. The lowest BCUT2D eigenvalue weighted by molar-refractivity contribution is 0.00726. The van der Waals surface area contributed by atoms with E-state index in [0.717, 1.165) is 18.4 Å². The van der Waals surface area contributed by atoms with Gasteiger partial charge in [-0.3, -0.25) is 4.98 Å². The summed E-state index contributed by atoms with van der Waals surface area (Å²) in [5.74, 6) is 0. The van der Waals surface area contributed by atoms with Crippen LogP contribution in [0.15, 0.2) is 18.5 Å². The van der Waals surface area contributed by atoms with Crippen molar-refractivity contribution in [3.05, 3.63) is 29.6 Å². The van der Waals surface area contributed by atoms with Crippen LogP contribution < -0.4 is 0 Å². The van der Waals surface area contributed by atoms with Crippen molar-refractivity contribution in [3.63, 3.8) is 0 Å². The Kier molecular flexibility index (Phi) is 2.91. The Morgan fingerprint density at radius 3 is 2.71 bits per heavy atom. The fraction of sp³-hybridized carbons (Fsp3) is 0.643. The van der Waals surface area contributed by atoms with E-state index in [-0.39, 0.29) is 0 Å². The van der Waals surface area contributed by atoms with Crippen molar-refractivity contribution in [2.75, 3.05) is 0 Å². The average Bonchev–Trinajstić information content (AvgIpc) is 2.28. The molecular weight excluding hydrogens is 230 g/mol. The monoisotopic (exact) mass is 249 g/mol. The maximum atomic E-state index is 11.0. The number of aliphatic hydroxyl groups is 1. The van der Waals surface area contributed by atoms with Gasteiger partial charge in [0.05, 0.1) is 5.60 Å². The largest absolute Gasteiger partial charge is 0.385 e. The van der Waals surface area contributed by atoms with Gasteiger partial charge in [-0.1, -0.05) is 6.42 Å². The third-order valence-corrected chi connectivity index (χ3v) is 5.68. The minimum atomic E-state index is -0.626. The Labute approximate surface area is 107 Å². The number of fused-ring (bicyclic) bond motifs is 2. The third-order valence-electron chi connectivity index (χ3n) is 4.11. The van der Waals surface area contributed by atoms with Crippen LogP contribution in [0.1, 0.15) is 43.2 Å². The third kappa shape index (κ3) is 2.11. The predicted molar refractivity (Wildman–Crippen MR) is 71.1 cm³/mol. The molecule has 2 unspecified atom stereocenters. The minimum absolute atomic E-state index is 0.626. The molecule has 3 rings (SSSR count). The van der Waals surface area contributed by atoms with Crippen LogP contribution in [0.3, 0.4) is 0 Å². The van der Waals surface area contributed by atoms with Crippen molar-refractivity contribution in [3.8, 4) is 0 Å². The van der Waals surface area contributed by atoms with Gasteiger partial charge in [-0.15, -0.1) is 0 Å². The molecule has 0 saturated carbocycles. The molecule has 2 fully saturated rings. The lowest BCUT2D eigenvalue weighted by Gasteiger charge is -2.44. The summed E-state index contributed by atoms with van der Waals surface area (Å²) in [6.45, 7) is 2.08. The van der Waals surface area contributed by atoms with Crippen molar-refractivity contribution < 1.29 is 5.11 Å². The summed E-state index contributed by atoms with van der Waals surface area (Å²) in [5.41, 5.74) is 1.60. The summed E-state index contributed by atoms with van der Waals surface area (Å²) in [6, 6.07) is 2.00. The number of hydrogen-bond acceptors (Lipinski definition) is 3. The molecule has 3 heteroatoms. The summed E-state index contributed by atoms with van der Waals surface area (Å²) >= 11 is 2.10. The molecule has 1 N–H and O–H groups in total. The second-order valence-corrected chi connectivity index (χ2v) is 7.05. The molecule has 3 heterocycles. The van der Waals surface area contributed by atoms with Crippen LogP contribution in [0, 0.1) is 6.92 Å². The first-order valence-corrected chi connectivity index (χ1v) is 7.41. The molecule has 2 aliphatic heterocycles. The Hall–Kier alpha value is -0.540. The van der Waals surface area contributed by atoms with E-state index in [1.165, 1.54) is 24.8 Å². The Balaban J connectivity index is 1.93. The normalized spacial score (nSPS) is 36.8. The second-order valence-electron chi connectivity index (χ2n) is 5.44. The van der Waals surface area contributed by atoms with Crippen LogP contribution in [-0.4, -0.2) is 20.6 Å². The van der Waals surface area contributed by atoms with Crippen LogP contribution in [0.5, 0.6) is 0 Å². The van der Waals surface area contributed by atoms with Crippen LogP contribution in [-0.2, 0) is 5.60 Å². The van der Waals surface area contributed by atoms with Gasteiger partial charge in [0.1, 0.15) is 0 Å². The minimum Gasteiger partial charge on any atom is -0.385 e. The topological polar surface area (TPSA) is 33.1 Å². The van der Waals surface area contributed by atoms with Crippen LogP contribution in [0.4, 0.5) is 0 Å². The summed E-state index contributed by atoms with van der Waals surface area (Å²) in [5, 5.41) is 12.3. The maximum Gasteiger partial charge on any atom is 0.0935 e. The van der Waals surface area contributed by atoms with Crippen molar-refractivity contribution in [2.24, 2.45) is 0 Å². The van der Waals surface area contributed by atoms with Gasteiger partial charge in [0.25, 0.3) is 0 Å². The standard InChI is InChI=1S/C14H19NOS/c1-10-5-6-15-9-13(10)14(16)7-11-3-2-4-12(8-14)17-11/h5-6,9,11-12,16H,2-4,7-8H2,1H3. The fourth-order valence-electron chi connectivity index (χ4n) is 3.29. The Morgan fingerprint density at radius 1 is 1.35 bits per heavy atom. The number of hydrogen-bond donors (Lipinski definition) is 1. The Morgan fingerprint density at radius 2 is 2.06 bits per heavy atom. The number of thioether (sulfide) groups is 1. The SMILES string of the molecule is Cc1ccncc1C1(O)CC2CCCC(C1)S2. The highest BCUT2D eigenvalue weighted by Gasteiger charge is 2.43. The molecule has 1 aromatic heterocycles. The van der Waals surface area contributed by atoms with Crippen molar-refractivity contribution in [1.82, 2.24) is 4.98 Å². The molecule has 1 aromatic rings. The molecule has 0 amide bonds. The van der Waals surface area contributed by atoms with E-state index in [1.807, 2.05) is 12.3 Å². The number of rotatable bonds is 1. The highest BCUT2D eigenvalue weighted by Crippen LogP contribution is 2.49. The quantitative estimate of drug-likeness (QED) is 0.830. The smallest absolute Gasteiger partial charge is 0.0935 e. The van der Waals surface area contributed by atoms with Gasteiger partial charge >= 0.3 is 0 Å². The number of aryl methyl sites for hydroxylation is 1. The molecular formula is C14H19NOS. The van der Waals surface area contributed by atoms with Crippen molar-refractivity contribution >= 4 is 11.8 Å². The van der Waals surface area contributed by atoms with Gasteiger partial charge in [-0.25, -0.2) is 0 Å². The molecule has 2 saturated heterocycles. The summed E-state index contributed by atoms with van der Waals surface area (Å²) in [4.78, 5) is 4.19. The van der Waals surface area contributed by atoms with Gasteiger partial charge < -0.3 is 5.11 Å². The number of aromatic nitrogens is 1. The second kappa shape index (κ2) is 4.29. The Bertz CT molecular complexity index is 408. The van der Waals surface area contributed by atoms with E-state index in [9.17, 15) is 5.11 Å². The highest BCUT2D eigenvalue weighted by atomic mass is 32.2. The zero-order valence-corrected chi connectivity index (χ0v) is 11.0. The summed E-state index contributed by atoms with van der Waals surface area (Å²) in [7, 11) is 0. The van der Waals surface area contributed by atoms with Crippen LogP contribution in [0.2, 0.25) is 0 Å². The first-order chi connectivity index (χ1) is 8.17. The van der Waals surface area contributed by atoms with Crippen molar-refractivity contribution in [1.29, 1.82) is 0 Å². The van der Waals surface area contributed by atoms with Crippen molar-refractivity contribution in [2.45, 2.75) is 55.1 Å². The van der Waals surface area contributed by atoms with E-state index in [2.05, 4.69) is 23.7 Å². The van der Waals surface area contributed by atoms with E-state index < -0.39 is 5.60 Å². The maximum absolute atomic E-state index is 11.0. The van der Waals surface area contributed by atoms with Gasteiger partial charge in [0.2, 0.25) is 0 Å². The molecule has 2 atom stereocenters. The molecule has 2 nitrogen and oxygen atoms in total. The summed E-state index contributed by atoms with van der Waals surface area (Å²) in [6.07, 6.45) is 9.35. The zero-order valence-electron chi connectivity index (χ0n) is 10.2. The molecule has 2 aliphatic rings. The van der Waals surface area contributed by atoms with Gasteiger partial charge in [-0.05, 0) is 44.2 Å².